The van der Waals surface area contributed by atoms with Crippen LogP contribution in [0.2, 0.25) is 0 Å². The average molecular weight is 345 g/mol. The summed E-state index contributed by atoms with van der Waals surface area (Å²) in [7, 11) is 0. The maximum atomic E-state index is 12.2. The highest BCUT2D eigenvalue weighted by molar-refractivity contribution is 5.69. The normalized spacial score (nSPS) is 14.4. The Bertz CT molecular complexity index is 328. The van der Waals surface area contributed by atoms with Crippen molar-refractivity contribution in [3.63, 3.8) is 0 Å². The van der Waals surface area contributed by atoms with Crippen LogP contribution in [0, 0.1) is 5.41 Å². The van der Waals surface area contributed by atoms with Gasteiger partial charge >= 0.3 is 5.97 Å². The topological polar surface area (TPSA) is 44.8 Å². The summed E-state index contributed by atoms with van der Waals surface area (Å²) in [6.45, 7) is 12.9. The number of esters is 1. The van der Waals surface area contributed by atoms with Crippen LogP contribution in [0.15, 0.2) is 0 Å². The fourth-order valence-electron chi connectivity index (χ4n) is 2.65. The molecule has 0 bridgehead atoms. The molecule has 0 N–H and O–H groups in total. The molecule has 4 heteroatoms. The Hall–Kier alpha value is -0.610. The van der Waals surface area contributed by atoms with Crippen molar-refractivity contribution < 1.29 is 19.3 Å². The molecule has 0 saturated carbocycles. The van der Waals surface area contributed by atoms with Crippen LogP contribution < -0.4 is 0 Å². The number of unbranched alkanes of at least 4 members (excludes halogenated alkanes) is 5. The first kappa shape index (κ1) is 23.4. The molecule has 0 amide bonds. The number of hydrogen-bond donors (Lipinski definition) is 0. The molecular formula is C20H40O4. The molecule has 0 aliphatic heterocycles. The molecule has 144 valence electrons. The second-order valence-electron chi connectivity index (χ2n) is 7.48. The van der Waals surface area contributed by atoms with E-state index in [0.717, 1.165) is 44.9 Å². The van der Waals surface area contributed by atoms with Gasteiger partial charge in [0.05, 0.1) is 6.61 Å². The van der Waals surface area contributed by atoms with Crippen molar-refractivity contribution >= 4 is 5.97 Å². The largest absolute Gasteiger partial charge is 0.430 e. The van der Waals surface area contributed by atoms with E-state index in [1.165, 1.54) is 12.8 Å². The second kappa shape index (κ2) is 12.7. The predicted molar refractivity (Wildman–Crippen MR) is 98.5 cm³/mol. The summed E-state index contributed by atoms with van der Waals surface area (Å²) in [4.78, 5) is 23.3. The molecule has 0 aromatic rings. The number of hydrogen-bond acceptors (Lipinski definition) is 4. The van der Waals surface area contributed by atoms with E-state index in [1.807, 2.05) is 6.92 Å². The first-order valence-electron chi connectivity index (χ1n) is 9.85. The van der Waals surface area contributed by atoms with Crippen molar-refractivity contribution in [1.29, 1.82) is 0 Å². The van der Waals surface area contributed by atoms with E-state index in [4.69, 9.17) is 14.5 Å². The van der Waals surface area contributed by atoms with Gasteiger partial charge in [0.25, 0.3) is 0 Å². The van der Waals surface area contributed by atoms with Gasteiger partial charge in [-0.1, -0.05) is 73.1 Å². The summed E-state index contributed by atoms with van der Waals surface area (Å²) in [5.74, 6) is -1.26. The zero-order valence-corrected chi connectivity index (χ0v) is 16.9. The smallest absolute Gasteiger partial charge is 0.308 e. The summed E-state index contributed by atoms with van der Waals surface area (Å²) in [6.07, 6.45) is 9.80. The SMILES string of the molecule is CCCCCCOOC(C)(OC(=O)CCCCC)C(C)(C)CCC. The van der Waals surface area contributed by atoms with Crippen LogP contribution in [-0.2, 0) is 19.3 Å². The molecule has 0 saturated heterocycles. The van der Waals surface area contributed by atoms with Gasteiger partial charge < -0.3 is 4.74 Å². The van der Waals surface area contributed by atoms with Crippen LogP contribution in [0.5, 0.6) is 0 Å². The quantitative estimate of drug-likeness (QED) is 0.117. The van der Waals surface area contributed by atoms with Gasteiger partial charge in [0, 0.05) is 18.8 Å². The standard InChI is InChI=1S/C20H40O4/c1-7-10-12-14-17-22-24-20(6,19(4,5)16-9-3)23-18(21)15-13-11-8-2/h7-17H2,1-6H3. The molecule has 0 aromatic carbocycles. The molecule has 0 radical (unpaired) electrons. The zero-order chi connectivity index (χ0) is 18.5. The van der Waals surface area contributed by atoms with Gasteiger partial charge in [-0.3, -0.25) is 4.79 Å². The molecule has 0 aliphatic rings. The van der Waals surface area contributed by atoms with Crippen molar-refractivity contribution in [2.45, 2.75) is 112 Å². The van der Waals surface area contributed by atoms with E-state index >= 15 is 0 Å². The van der Waals surface area contributed by atoms with Crippen LogP contribution in [0.3, 0.4) is 0 Å². The fourth-order valence-corrected chi connectivity index (χ4v) is 2.65. The van der Waals surface area contributed by atoms with Crippen molar-refractivity contribution in [3.05, 3.63) is 0 Å². The third kappa shape index (κ3) is 9.03. The maximum absolute atomic E-state index is 12.2. The van der Waals surface area contributed by atoms with Gasteiger partial charge in [0.15, 0.2) is 0 Å². The number of carbonyl (C=O) groups excluding carboxylic acids is 1. The van der Waals surface area contributed by atoms with Gasteiger partial charge in [-0.25, -0.2) is 4.89 Å². The average Bonchev–Trinajstić information content (AvgIpc) is 2.50. The summed E-state index contributed by atoms with van der Waals surface area (Å²) in [5, 5.41) is 0. The van der Waals surface area contributed by atoms with E-state index < -0.39 is 5.79 Å². The van der Waals surface area contributed by atoms with Crippen LogP contribution in [0.25, 0.3) is 0 Å². The lowest BCUT2D eigenvalue weighted by atomic mass is 9.80. The Labute approximate surface area is 149 Å². The lowest BCUT2D eigenvalue weighted by Gasteiger charge is -2.41. The molecule has 24 heavy (non-hydrogen) atoms. The molecular weight excluding hydrogens is 304 g/mol. The van der Waals surface area contributed by atoms with E-state index in [-0.39, 0.29) is 11.4 Å². The van der Waals surface area contributed by atoms with Crippen LogP contribution in [0.1, 0.15) is 106 Å². The molecule has 0 spiro atoms. The highest BCUT2D eigenvalue weighted by Crippen LogP contribution is 2.40. The van der Waals surface area contributed by atoms with Crippen LogP contribution in [0.4, 0.5) is 0 Å². The lowest BCUT2D eigenvalue weighted by Crippen LogP contribution is -2.48. The molecule has 1 atom stereocenters. The predicted octanol–water partition coefficient (Wildman–Crippen LogP) is 6.18. The van der Waals surface area contributed by atoms with Crippen molar-refractivity contribution in [2.24, 2.45) is 5.41 Å². The minimum absolute atomic E-state index is 0.204. The number of rotatable bonds is 15. The van der Waals surface area contributed by atoms with Crippen molar-refractivity contribution in [1.82, 2.24) is 0 Å². The van der Waals surface area contributed by atoms with E-state index in [2.05, 4.69) is 34.6 Å². The first-order valence-corrected chi connectivity index (χ1v) is 9.85. The van der Waals surface area contributed by atoms with Crippen LogP contribution >= 0.6 is 0 Å². The summed E-state index contributed by atoms with van der Waals surface area (Å²) in [5.41, 5.74) is -0.314. The Morgan fingerprint density at radius 3 is 2.04 bits per heavy atom. The molecule has 0 heterocycles. The van der Waals surface area contributed by atoms with Gasteiger partial charge in [0.2, 0.25) is 5.79 Å². The summed E-state index contributed by atoms with van der Waals surface area (Å²) in [6, 6.07) is 0. The highest BCUT2D eigenvalue weighted by Gasteiger charge is 2.46. The van der Waals surface area contributed by atoms with Crippen molar-refractivity contribution in [3.8, 4) is 0 Å². The Kier molecular flexibility index (Phi) is 12.4. The molecule has 0 aromatic heterocycles. The third-order valence-corrected chi connectivity index (χ3v) is 4.70. The summed E-state index contributed by atoms with van der Waals surface area (Å²) >= 11 is 0. The van der Waals surface area contributed by atoms with E-state index in [9.17, 15) is 4.79 Å². The monoisotopic (exact) mass is 344 g/mol. The van der Waals surface area contributed by atoms with E-state index in [1.54, 1.807) is 0 Å². The fraction of sp³-hybridized carbons (Fsp3) is 0.950. The molecule has 0 fully saturated rings. The first-order chi connectivity index (χ1) is 11.3. The minimum Gasteiger partial charge on any atom is -0.430 e. The van der Waals surface area contributed by atoms with Gasteiger partial charge in [-0.15, -0.1) is 0 Å². The van der Waals surface area contributed by atoms with Gasteiger partial charge in [0.1, 0.15) is 0 Å². The minimum atomic E-state index is -1.06. The van der Waals surface area contributed by atoms with Crippen molar-refractivity contribution in [2.75, 3.05) is 6.61 Å². The zero-order valence-electron chi connectivity index (χ0n) is 16.9. The Morgan fingerprint density at radius 2 is 1.46 bits per heavy atom. The molecule has 0 aliphatic carbocycles. The third-order valence-electron chi connectivity index (χ3n) is 4.70. The lowest BCUT2D eigenvalue weighted by molar-refractivity contribution is -0.440. The second-order valence-corrected chi connectivity index (χ2v) is 7.48. The molecule has 1 unspecified atom stereocenters. The van der Waals surface area contributed by atoms with Gasteiger partial charge in [-0.2, -0.15) is 4.89 Å². The summed E-state index contributed by atoms with van der Waals surface area (Å²) < 4.78 is 5.74. The number of ether oxygens (including phenoxy) is 1. The molecule has 4 nitrogen and oxygen atoms in total. The highest BCUT2D eigenvalue weighted by atomic mass is 17.2. The Balaban J connectivity index is 4.62. The molecule has 0 rings (SSSR count). The Morgan fingerprint density at radius 1 is 0.833 bits per heavy atom. The number of carbonyl (C=O) groups is 1. The van der Waals surface area contributed by atoms with E-state index in [0.29, 0.717) is 13.0 Å². The van der Waals surface area contributed by atoms with Crippen LogP contribution in [-0.4, -0.2) is 18.4 Å². The maximum Gasteiger partial charge on any atom is 0.308 e. The van der Waals surface area contributed by atoms with Gasteiger partial charge in [-0.05, 0) is 19.3 Å².